The van der Waals surface area contributed by atoms with E-state index in [4.69, 9.17) is 5.53 Å². The fraction of sp³-hybridized carbons (Fsp3) is 0.667. The zero-order valence-corrected chi connectivity index (χ0v) is 5.15. The van der Waals surface area contributed by atoms with Crippen molar-refractivity contribution in [1.29, 1.82) is 0 Å². The van der Waals surface area contributed by atoms with E-state index in [1.165, 1.54) is 0 Å². The number of nitrogens with two attached hydrogens (primary N) is 1. The van der Waals surface area contributed by atoms with Crippen molar-refractivity contribution in [3.8, 4) is 0 Å². The first-order valence-electron chi connectivity index (χ1n) is 2.47. The van der Waals surface area contributed by atoms with Crippen molar-refractivity contribution in [2.75, 3.05) is 6.54 Å². The van der Waals surface area contributed by atoms with Crippen molar-refractivity contribution in [1.82, 2.24) is 5.59 Å². The molecular weight excluding hydrogens is 138 g/mol. The molecule has 0 aliphatic rings. The van der Waals surface area contributed by atoms with Crippen molar-refractivity contribution in [2.24, 2.45) is 11.0 Å². The van der Waals surface area contributed by atoms with Gasteiger partial charge in [-0.15, -0.1) is 0 Å². The highest BCUT2D eigenvalue weighted by Gasteiger charge is 1.98. The first-order valence-corrected chi connectivity index (χ1v) is 2.47. The zero-order valence-electron chi connectivity index (χ0n) is 5.15. The van der Waals surface area contributed by atoms with Crippen molar-refractivity contribution < 1.29 is 9.63 Å². The summed E-state index contributed by atoms with van der Waals surface area (Å²) in [6.45, 7) is 0.0804. The van der Waals surface area contributed by atoms with Crippen molar-refractivity contribution in [3.63, 3.8) is 0 Å². The lowest BCUT2D eigenvalue weighted by Crippen LogP contribution is -2.26. The molecule has 0 aromatic heterocycles. The van der Waals surface area contributed by atoms with Gasteiger partial charge in [-0.1, -0.05) is 10.7 Å². The van der Waals surface area contributed by atoms with Gasteiger partial charge in [0.2, 0.25) is 0 Å². The van der Waals surface area contributed by atoms with E-state index >= 15 is 0 Å². The average Bonchev–Trinajstić information content (AvgIpc) is 1.89. The summed E-state index contributed by atoms with van der Waals surface area (Å²) in [4.78, 5) is 16.9. The Balaban J connectivity index is 3.30. The van der Waals surface area contributed by atoms with Crippen LogP contribution >= 0.6 is 0 Å². The second-order valence-corrected chi connectivity index (χ2v) is 1.30. The van der Waals surface area contributed by atoms with E-state index in [0.717, 1.165) is 0 Å². The lowest BCUT2D eigenvalue weighted by atomic mass is 10.4. The van der Waals surface area contributed by atoms with Crippen molar-refractivity contribution in [2.45, 2.75) is 6.42 Å². The van der Waals surface area contributed by atoms with E-state index in [0.29, 0.717) is 0 Å². The van der Waals surface area contributed by atoms with Gasteiger partial charge in [-0.2, -0.15) is 0 Å². The molecule has 0 radical (unpaired) electrons. The minimum atomic E-state index is -0.560. The summed E-state index contributed by atoms with van der Waals surface area (Å²) in [5.41, 5.74) is 9.49. The maximum Gasteiger partial charge on any atom is 0.326 e. The molecule has 0 unspecified atom stereocenters. The molecule has 0 saturated heterocycles. The number of hydrazine groups is 1. The Labute approximate surface area is 56.7 Å². The number of hydrogen-bond acceptors (Lipinski definition) is 5. The number of nitrogens with one attached hydrogen (secondary N) is 1. The summed E-state index contributed by atoms with van der Waals surface area (Å²) in [6.07, 6.45) is 0.0221. The summed E-state index contributed by atoms with van der Waals surface area (Å²) in [5, 5.41) is 3.11. The van der Waals surface area contributed by atoms with E-state index < -0.39 is 5.97 Å². The van der Waals surface area contributed by atoms with Crippen LogP contribution in [0, 0.1) is 0 Å². The first kappa shape index (κ1) is 8.70. The first-order chi connectivity index (χ1) is 4.81. The van der Waals surface area contributed by atoms with Crippen LogP contribution in [0.4, 0.5) is 0 Å². The molecule has 0 amide bonds. The fourth-order valence-corrected chi connectivity index (χ4v) is 0.303. The van der Waals surface area contributed by atoms with Gasteiger partial charge in [0.1, 0.15) is 0 Å². The third-order valence-electron chi connectivity index (χ3n) is 0.652. The van der Waals surface area contributed by atoms with Gasteiger partial charge >= 0.3 is 5.97 Å². The predicted octanol–water partition coefficient (Wildman–Crippen LogP) is -0.392. The van der Waals surface area contributed by atoms with E-state index in [-0.39, 0.29) is 13.0 Å². The lowest BCUT2D eigenvalue weighted by Gasteiger charge is -1.96. The van der Waals surface area contributed by atoms with Gasteiger partial charge in [0, 0.05) is 11.5 Å². The maximum absolute atomic E-state index is 10.4. The molecule has 0 bridgehead atoms. The van der Waals surface area contributed by atoms with Crippen molar-refractivity contribution in [3.05, 3.63) is 10.4 Å². The summed E-state index contributed by atoms with van der Waals surface area (Å²) >= 11 is 0. The van der Waals surface area contributed by atoms with Gasteiger partial charge in [-0.3, -0.25) is 4.79 Å². The quantitative estimate of drug-likeness (QED) is 0.184. The number of hydrogen-bond donors (Lipinski definition) is 2. The Morgan fingerprint density at radius 3 is 3.10 bits per heavy atom. The molecule has 0 heterocycles. The van der Waals surface area contributed by atoms with E-state index in [1.54, 1.807) is 5.59 Å². The second kappa shape index (κ2) is 5.83. The molecule has 0 aliphatic carbocycles. The predicted molar refractivity (Wildman–Crippen MR) is 32.0 cm³/mol. The highest BCUT2D eigenvalue weighted by atomic mass is 16.7. The number of rotatable bonds is 4. The molecule has 0 aliphatic heterocycles. The molecule has 0 fully saturated rings. The van der Waals surface area contributed by atoms with Crippen LogP contribution in [0.3, 0.4) is 0 Å². The monoisotopic (exact) mass is 145 g/mol. The third-order valence-corrected chi connectivity index (χ3v) is 0.652. The highest BCUT2D eigenvalue weighted by Crippen LogP contribution is 1.83. The Bertz CT molecular complexity index is 151. The minimum Gasteiger partial charge on any atom is -0.356 e. The molecule has 0 saturated carbocycles. The summed E-state index contributed by atoms with van der Waals surface area (Å²) in [7, 11) is 0. The summed E-state index contributed by atoms with van der Waals surface area (Å²) in [5.74, 6) is 4.08. The molecule has 10 heavy (non-hydrogen) atoms. The third kappa shape index (κ3) is 4.85. The highest BCUT2D eigenvalue weighted by molar-refractivity contribution is 5.69. The molecule has 56 valence electrons. The van der Waals surface area contributed by atoms with E-state index in [9.17, 15) is 4.79 Å². The standard InChI is InChI=1S/C3H7N5O2/c4-7-6-2-1-3(9)10-8-5/h8H,1-2,5H2. The summed E-state index contributed by atoms with van der Waals surface area (Å²) < 4.78 is 0. The molecule has 0 atom stereocenters. The topological polar surface area (TPSA) is 113 Å². The molecule has 0 aromatic carbocycles. The minimum absolute atomic E-state index is 0.0221. The van der Waals surface area contributed by atoms with Gasteiger partial charge < -0.3 is 4.84 Å². The number of carbonyl (C=O) groups excluding carboxylic acids is 1. The second-order valence-electron chi connectivity index (χ2n) is 1.30. The van der Waals surface area contributed by atoms with Crippen LogP contribution in [-0.4, -0.2) is 12.5 Å². The Hall–Kier alpha value is -1.30. The molecular formula is C3H7N5O2. The van der Waals surface area contributed by atoms with E-state index in [2.05, 4.69) is 20.7 Å². The molecule has 0 aromatic rings. The van der Waals surface area contributed by atoms with E-state index in [1.807, 2.05) is 0 Å². The lowest BCUT2D eigenvalue weighted by molar-refractivity contribution is -0.150. The zero-order chi connectivity index (χ0) is 7.82. The molecule has 0 spiro atoms. The van der Waals surface area contributed by atoms with Crippen LogP contribution in [0.2, 0.25) is 0 Å². The van der Waals surface area contributed by atoms with Crippen LogP contribution in [-0.2, 0) is 9.63 Å². The van der Waals surface area contributed by atoms with Gasteiger partial charge in [0.05, 0.1) is 6.42 Å². The number of carbonyl (C=O) groups is 1. The Kier molecular flexibility index (Phi) is 5.07. The summed E-state index contributed by atoms with van der Waals surface area (Å²) in [6, 6.07) is 0. The molecule has 7 heteroatoms. The van der Waals surface area contributed by atoms with Gasteiger partial charge in [0.25, 0.3) is 0 Å². The van der Waals surface area contributed by atoms with Gasteiger partial charge in [-0.05, 0) is 5.53 Å². The average molecular weight is 145 g/mol. The van der Waals surface area contributed by atoms with Gasteiger partial charge in [-0.25, -0.2) is 5.84 Å². The van der Waals surface area contributed by atoms with Crippen molar-refractivity contribution >= 4 is 5.97 Å². The molecule has 0 rings (SSSR count). The maximum atomic E-state index is 10.4. The van der Waals surface area contributed by atoms with Crippen LogP contribution in [0.5, 0.6) is 0 Å². The van der Waals surface area contributed by atoms with Gasteiger partial charge in [0.15, 0.2) is 0 Å². The SMILES string of the molecule is [N-]=[N+]=NCCC(=O)ONN. The largest absolute Gasteiger partial charge is 0.356 e. The fourth-order valence-electron chi connectivity index (χ4n) is 0.303. The van der Waals surface area contributed by atoms with Crippen LogP contribution in [0.25, 0.3) is 10.4 Å². The molecule has 3 N–H and O–H groups in total. The van der Waals surface area contributed by atoms with Crippen LogP contribution in [0.1, 0.15) is 6.42 Å². The number of nitrogens with zero attached hydrogens (tertiary/aromatic N) is 3. The normalized spacial score (nSPS) is 8.10. The molecule has 7 nitrogen and oxygen atoms in total. The Morgan fingerprint density at radius 2 is 2.60 bits per heavy atom. The van der Waals surface area contributed by atoms with Crippen LogP contribution < -0.4 is 11.4 Å². The number of azide groups is 1. The van der Waals surface area contributed by atoms with Crippen LogP contribution in [0.15, 0.2) is 5.11 Å². The Morgan fingerprint density at radius 1 is 1.90 bits per heavy atom. The smallest absolute Gasteiger partial charge is 0.326 e.